The van der Waals surface area contributed by atoms with E-state index < -0.39 is 6.03 Å². The molecule has 82 valence electrons. The maximum absolute atomic E-state index is 10.5. The summed E-state index contributed by atoms with van der Waals surface area (Å²) < 4.78 is 0. The van der Waals surface area contributed by atoms with Crippen LogP contribution in [0.3, 0.4) is 0 Å². The molecule has 0 radical (unpaired) electrons. The lowest BCUT2D eigenvalue weighted by molar-refractivity contribution is 0.249. The van der Waals surface area contributed by atoms with Gasteiger partial charge < -0.3 is 10.7 Å². The van der Waals surface area contributed by atoms with Crippen LogP contribution in [-0.2, 0) is 0 Å². The first kappa shape index (κ1) is 10.2. The van der Waals surface area contributed by atoms with E-state index in [-0.39, 0.29) is 0 Å². The van der Waals surface area contributed by atoms with E-state index in [1.165, 1.54) is 0 Å². The number of nitrogens with two attached hydrogens (primary N) is 1. The second-order valence-electron chi connectivity index (χ2n) is 3.44. The van der Waals surface area contributed by atoms with E-state index in [4.69, 9.17) is 5.73 Å². The van der Waals surface area contributed by atoms with Crippen LogP contribution in [0.5, 0.6) is 0 Å². The van der Waals surface area contributed by atoms with Crippen molar-refractivity contribution in [3.05, 3.63) is 36.0 Å². The Labute approximate surface area is 92.3 Å². The van der Waals surface area contributed by atoms with Crippen molar-refractivity contribution in [2.24, 2.45) is 10.8 Å². The molecule has 2 amide bonds. The van der Waals surface area contributed by atoms with Gasteiger partial charge in [-0.3, -0.25) is 0 Å². The van der Waals surface area contributed by atoms with E-state index >= 15 is 0 Å². The fraction of sp³-hybridized carbons (Fsp3) is 0.0909. The molecule has 4 N–H and O–H groups in total. The van der Waals surface area contributed by atoms with Crippen molar-refractivity contribution in [1.82, 2.24) is 10.4 Å². The monoisotopic (exact) mass is 216 g/mol. The molecule has 1 aromatic heterocycles. The van der Waals surface area contributed by atoms with Crippen molar-refractivity contribution < 1.29 is 4.79 Å². The Kier molecular flexibility index (Phi) is 2.59. The first-order valence-corrected chi connectivity index (χ1v) is 4.84. The summed E-state index contributed by atoms with van der Waals surface area (Å²) in [6.07, 6.45) is 0. The molecule has 1 heterocycles. The highest BCUT2D eigenvalue weighted by Crippen LogP contribution is 2.14. The number of carbonyl (C=O) groups excluding carboxylic acids is 1. The SMILES string of the molecule is CC(=NNC(N)=O)c1cc2ccccc2[nH]1. The lowest BCUT2D eigenvalue weighted by Gasteiger charge is -1.96. The van der Waals surface area contributed by atoms with Crippen molar-refractivity contribution >= 4 is 22.6 Å². The van der Waals surface area contributed by atoms with Crippen LogP contribution in [0.1, 0.15) is 12.6 Å². The first-order chi connectivity index (χ1) is 7.66. The summed E-state index contributed by atoms with van der Waals surface area (Å²) in [5.41, 5.74) is 9.69. The van der Waals surface area contributed by atoms with Gasteiger partial charge in [0.05, 0.1) is 11.4 Å². The van der Waals surface area contributed by atoms with Crippen molar-refractivity contribution in [2.45, 2.75) is 6.92 Å². The van der Waals surface area contributed by atoms with Crippen molar-refractivity contribution in [3.63, 3.8) is 0 Å². The minimum Gasteiger partial charge on any atom is -0.353 e. The second-order valence-corrected chi connectivity index (χ2v) is 3.44. The number of carbonyl (C=O) groups is 1. The third-order valence-electron chi connectivity index (χ3n) is 2.25. The number of aromatic nitrogens is 1. The summed E-state index contributed by atoms with van der Waals surface area (Å²) in [5, 5.41) is 4.95. The summed E-state index contributed by atoms with van der Waals surface area (Å²) in [6.45, 7) is 1.79. The van der Waals surface area contributed by atoms with Crippen LogP contribution in [0.4, 0.5) is 4.79 Å². The molecule has 1 aromatic carbocycles. The molecule has 0 aliphatic rings. The van der Waals surface area contributed by atoms with Crippen LogP contribution in [0, 0.1) is 0 Å². The van der Waals surface area contributed by atoms with Gasteiger partial charge in [-0.25, -0.2) is 10.2 Å². The summed E-state index contributed by atoms with van der Waals surface area (Å²) in [6, 6.07) is 9.20. The average molecular weight is 216 g/mol. The fourth-order valence-corrected chi connectivity index (χ4v) is 1.47. The molecular formula is C11H12N4O. The molecule has 2 aromatic rings. The fourth-order valence-electron chi connectivity index (χ4n) is 1.47. The smallest absolute Gasteiger partial charge is 0.332 e. The number of fused-ring (bicyclic) bond motifs is 1. The van der Waals surface area contributed by atoms with E-state index in [0.29, 0.717) is 5.71 Å². The Balaban J connectivity index is 2.33. The van der Waals surface area contributed by atoms with Gasteiger partial charge in [0.2, 0.25) is 0 Å². The predicted octanol–water partition coefficient (Wildman–Crippen LogP) is 1.56. The average Bonchev–Trinajstić information content (AvgIpc) is 2.69. The van der Waals surface area contributed by atoms with E-state index in [1.807, 2.05) is 30.3 Å². The molecule has 5 nitrogen and oxygen atoms in total. The number of H-pyrrole nitrogens is 1. The molecule has 5 heteroatoms. The number of nitrogens with one attached hydrogen (secondary N) is 2. The number of nitrogens with zero attached hydrogens (tertiary/aromatic N) is 1. The quantitative estimate of drug-likeness (QED) is 0.516. The van der Waals surface area contributed by atoms with Crippen LogP contribution in [0.2, 0.25) is 0 Å². The Hall–Kier alpha value is -2.30. The molecule has 0 bridgehead atoms. The van der Waals surface area contributed by atoms with Gasteiger partial charge in [-0.2, -0.15) is 5.10 Å². The molecule has 0 unspecified atom stereocenters. The van der Waals surface area contributed by atoms with Crippen molar-refractivity contribution in [1.29, 1.82) is 0 Å². The molecule has 0 fully saturated rings. The van der Waals surface area contributed by atoms with Gasteiger partial charge in [0.1, 0.15) is 0 Å². The molecule has 0 aliphatic heterocycles. The number of hydrazone groups is 1. The first-order valence-electron chi connectivity index (χ1n) is 4.84. The molecule has 0 aliphatic carbocycles. The van der Waals surface area contributed by atoms with E-state index in [9.17, 15) is 4.79 Å². The molecule has 16 heavy (non-hydrogen) atoms. The normalized spacial score (nSPS) is 11.7. The molecule has 0 atom stereocenters. The Morgan fingerprint density at radius 2 is 2.19 bits per heavy atom. The number of rotatable bonds is 2. The van der Waals surface area contributed by atoms with Crippen LogP contribution in [0.15, 0.2) is 35.4 Å². The highest BCUT2D eigenvalue weighted by molar-refractivity contribution is 6.01. The Morgan fingerprint density at radius 3 is 2.88 bits per heavy atom. The van der Waals surface area contributed by atoms with Gasteiger partial charge in [0.25, 0.3) is 0 Å². The standard InChI is InChI=1S/C11H12N4O/c1-7(14-15-11(12)16)10-6-8-4-2-3-5-9(8)13-10/h2-6,13H,1H3,(H3,12,15,16). The second kappa shape index (κ2) is 4.06. The summed E-state index contributed by atoms with van der Waals surface area (Å²) in [5.74, 6) is 0. The molecule has 0 spiro atoms. The predicted molar refractivity (Wildman–Crippen MR) is 63.2 cm³/mol. The lowest BCUT2D eigenvalue weighted by Crippen LogP contribution is -2.25. The molecular weight excluding hydrogens is 204 g/mol. The Morgan fingerprint density at radius 1 is 1.44 bits per heavy atom. The van der Waals surface area contributed by atoms with Crippen molar-refractivity contribution in [3.8, 4) is 0 Å². The van der Waals surface area contributed by atoms with E-state index in [2.05, 4.69) is 15.5 Å². The number of urea groups is 1. The van der Waals surface area contributed by atoms with Crippen molar-refractivity contribution in [2.75, 3.05) is 0 Å². The number of aromatic amines is 1. The number of amides is 2. The zero-order valence-electron chi connectivity index (χ0n) is 8.82. The lowest BCUT2D eigenvalue weighted by atomic mass is 10.2. The van der Waals surface area contributed by atoms with Crippen LogP contribution in [-0.4, -0.2) is 16.7 Å². The zero-order valence-corrected chi connectivity index (χ0v) is 8.82. The topological polar surface area (TPSA) is 83.3 Å². The zero-order chi connectivity index (χ0) is 11.5. The third-order valence-corrected chi connectivity index (χ3v) is 2.25. The van der Waals surface area contributed by atoms with E-state index in [0.717, 1.165) is 16.6 Å². The maximum atomic E-state index is 10.5. The summed E-state index contributed by atoms with van der Waals surface area (Å²) in [4.78, 5) is 13.7. The Bertz CT molecular complexity index is 523. The number of benzene rings is 1. The molecule has 0 saturated heterocycles. The largest absolute Gasteiger partial charge is 0.353 e. The number of hydrogen-bond donors (Lipinski definition) is 3. The molecule has 0 saturated carbocycles. The maximum Gasteiger partial charge on any atom is 0.332 e. The van der Waals surface area contributed by atoms with Gasteiger partial charge in [-0.1, -0.05) is 18.2 Å². The van der Waals surface area contributed by atoms with Crippen LogP contribution in [0.25, 0.3) is 10.9 Å². The summed E-state index contributed by atoms with van der Waals surface area (Å²) in [7, 11) is 0. The van der Waals surface area contributed by atoms with Gasteiger partial charge in [0.15, 0.2) is 0 Å². The van der Waals surface area contributed by atoms with Crippen LogP contribution >= 0.6 is 0 Å². The number of primary amides is 1. The highest BCUT2D eigenvalue weighted by atomic mass is 16.2. The van der Waals surface area contributed by atoms with Gasteiger partial charge in [-0.05, 0) is 19.1 Å². The van der Waals surface area contributed by atoms with E-state index in [1.54, 1.807) is 6.92 Å². The minimum atomic E-state index is -0.671. The summed E-state index contributed by atoms with van der Waals surface area (Å²) >= 11 is 0. The van der Waals surface area contributed by atoms with Gasteiger partial charge in [0, 0.05) is 10.9 Å². The van der Waals surface area contributed by atoms with Crippen LogP contribution < -0.4 is 11.2 Å². The van der Waals surface area contributed by atoms with Gasteiger partial charge in [-0.15, -0.1) is 0 Å². The highest BCUT2D eigenvalue weighted by Gasteiger charge is 2.02. The van der Waals surface area contributed by atoms with Gasteiger partial charge >= 0.3 is 6.03 Å². The third kappa shape index (κ3) is 2.03. The number of para-hydroxylation sites is 1. The number of hydrogen-bond acceptors (Lipinski definition) is 2. The minimum absolute atomic E-state index is 0.671. The molecule has 2 rings (SSSR count).